The van der Waals surface area contributed by atoms with Gasteiger partial charge in [0, 0.05) is 14.1 Å². The molecular weight excluding hydrogens is 406 g/mol. The summed E-state index contributed by atoms with van der Waals surface area (Å²) >= 11 is 0. The Morgan fingerprint density at radius 3 is 2.48 bits per heavy atom. The number of nitrogens with one attached hydrogen (secondary N) is 3. The number of carbonyl (C=O) groups excluding carboxylic acids is 2. The van der Waals surface area contributed by atoms with E-state index in [0.29, 0.717) is 5.69 Å². The maximum absolute atomic E-state index is 12.5. The molecule has 3 rings (SSSR count). The summed E-state index contributed by atoms with van der Waals surface area (Å²) in [6.45, 7) is 2.99. The van der Waals surface area contributed by atoms with Crippen LogP contribution in [0.1, 0.15) is 30.2 Å². The molecular formula is C18H21N9O4. The second-order valence-corrected chi connectivity index (χ2v) is 6.85. The lowest BCUT2D eigenvalue weighted by atomic mass is 10.1. The largest absolute Gasteiger partial charge is 0.418 e. The Balaban J connectivity index is 1.88. The Labute approximate surface area is 176 Å². The molecule has 3 heterocycles. The Morgan fingerprint density at radius 1 is 1.13 bits per heavy atom. The highest BCUT2D eigenvalue weighted by atomic mass is 16.6. The van der Waals surface area contributed by atoms with E-state index in [1.165, 1.54) is 56.7 Å². The van der Waals surface area contributed by atoms with Crippen LogP contribution in [0.2, 0.25) is 0 Å². The van der Waals surface area contributed by atoms with Gasteiger partial charge in [-0.3, -0.25) is 14.8 Å². The van der Waals surface area contributed by atoms with Gasteiger partial charge in [-0.25, -0.2) is 19.7 Å². The van der Waals surface area contributed by atoms with Gasteiger partial charge < -0.3 is 20.5 Å². The van der Waals surface area contributed by atoms with Crippen LogP contribution in [0.15, 0.2) is 31.1 Å². The third-order valence-electron chi connectivity index (χ3n) is 3.95. The summed E-state index contributed by atoms with van der Waals surface area (Å²) < 4.78 is 6.66. The van der Waals surface area contributed by atoms with Crippen LogP contribution in [0.5, 0.6) is 5.88 Å². The van der Waals surface area contributed by atoms with Crippen molar-refractivity contribution in [2.75, 3.05) is 17.7 Å². The van der Waals surface area contributed by atoms with E-state index < -0.39 is 17.6 Å². The number of aromatic nitrogens is 6. The first-order chi connectivity index (χ1) is 14.7. The number of anilines is 3. The van der Waals surface area contributed by atoms with Gasteiger partial charge in [0.25, 0.3) is 11.8 Å². The molecule has 0 saturated carbocycles. The maximum Gasteiger partial charge on any atom is 0.418 e. The third kappa shape index (κ3) is 5.08. The lowest BCUT2D eigenvalue weighted by Gasteiger charge is -2.18. The van der Waals surface area contributed by atoms with Gasteiger partial charge in [0.15, 0.2) is 5.82 Å². The van der Waals surface area contributed by atoms with E-state index in [0.717, 1.165) is 0 Å². The highest BCUT2D eigenvalue weighted by Crippen LogP contribution is 2.28. The van der Waals surface area contributed by atoms with Crippen molar-refractivity contribution in [2.24, 2.45) is 7.05 Å². The van der Waals surface area contributed by atoms with Crippen molar-refractivity contribution in [1.29, 1.82) is 0 Å². The minimum absolute atomic E-state index is 0.0394. The molecule has 0 fully saturated rings. The van der Waals surface area contributed by atoms with E-state index >= 15 is 0 Å². The highest BCUT2D eigenvalue weighted by Gasteiger charge is 2.24. The van der Waals surface area contributed by atoms with Crippen LogP contribution in [0.25, 0.3) is 0 Å². The number of aryl methyl sites for hydroxylation is 1. The van der Waals surface area contributed by atoms with Gasteiger partial charge in [-0.05, 0) is 13.8 Å². The van der Waals surface area contributed by atoms with Gasteiger partial charge in [0.2, 0.25) is 0 Å². The number of nitrogens with zero attached hydrogens (tertiary/aromatic N) is 6. The molecule has 162 valence electrons. The van der Waals surface area contributed by atoms with Crippen molar-refractivity contribution in [2.45, 2.75) is 19.4 Å². The Morgan fingerprint density at radius 2 is 1.84 bits per heavy atom. The topological polar surface area (TPSA) is 169 Å². The molecule has 31 heavy (non-hydrogen) atoms. The summed E-state index contributed by atoms with van der Waals surface area (Å²) in [5, 5.41) is 22.1. The summed E-state index contributed by atoms with van der Waals surface area (Å²) in [6, 6.07) is 0. The van der Waals surface area contributed by atoms with Crippen molar-refractivity contribution in [3.8, 4) is 5.88 Å². The lowest BCUT2D eigenvalue weighted by molar-refractivity contribution is 0.0680. The number of hydrogen-bond acceptors (Lipinski definition) is 10. The Bertz CT molecular complexity index is 1090. The fraction of sp³-hybridized carbons (Fsp3) is 0.278. The molecule has 0 aliphatic rings. The van der Waals surface area contributed by atoms with Crippen LogP contribution in [0.4, 0.5) is 21.9 Å². The molecule has 2 amide bonds. The fourth-order valence-electron chi connectivity index (χ4n) is 2.48. The zero-order chi connectivity index (χ0) is 22.6. The second kappa shape index (κ2) is 8.71. The first-order valence-corrected chi connectivity index (χ1v) is 9.04. The molecule has 0 saturated heterocycles. The minimum atomic E-state index is -1.38. The van der Waals surface area contributed by atoms with E-state index in [2.05, 4.69) is 41.0 Å². The number of aliphatic hydroxyl groups is 1. The minimum Gasteiger partial charge on any atom is -0.389 e. The number of ether oxygens (including phenoxy) is 1. The average Bonchev–Trinajstić information content (AvgIpc) is 3.08. The molecule has 0 aromatic carbocycles. The van der Waals surface area contributed by atoms with Crippen molar-refractivity contribution >= 4 is 29.1 Å². The van der Waals surface area contributed by atoms with Crippen LogP contribution in [-0.2, 0) is 12.6 Å². The van der Waals surface area contributed by atoms with Gasteiger partial charge in [-0.1, -0.05) is 0 Å². The van der Waals surface area contributed by atoms with Gasteiger partial charge >= 0.3 is 6.09 Å². The smallest absolute Gasteiger partial charge is 0.389 e. The van der Waals surface area contributed by atoms with Crippen LogP contribution >= 0.6 is 0 Å². The van der Waals surface area contributed by atoms with Crippen LogP contribution in [0.3, 0.4) is 0 Å². The van der Waals surface area contributed by atoms with Crippen molar-refractivity contribution < 1.29 is 19.4 Å². The summed E-state index contributed by atoms with van der Waals surface area (Å²) in [5.74, 6) is -0.551. The first-order valence-electron chi connectivity index (χ1n) is 9.04. The van der Waals surface area contributed by atoms with Crippen LogP contribution in [-0.4, -0.2) is 53.9 Å². The van der Waals surface area contributed by atoms with Crippen molar-refractivity contribution in [3.05, 3.63) is 42.6 Å². The van der Waals surface area contributed by atoms with Crippen LogP contribution < -0.4 is 20.7 Å². The quantitative estimate of drug-likeness (QED) is 0.444. The molecule has 0 bridgehead atoms. The summed E-state index contributed by atoms with van der Waals surface area (Å²) in [4.78, 5) is 40.6. The molecule has 0 atom stereocenters. The van der Waals surface area contributed by atoms with Gasteiger partial charge in [-0.15, -0.1) is 0 Å². The second-order valence-electron chi connectivity index (χ2n) is 6.85. The standard InChI is InChI=1S/C18H21N9O4/c1-18(2,30)16-22-7-12(24-10-5-20-9-21-6-10)15(26-16)31-17(29)25-11-8-23-27(4)13(11)14(28)19-3/h5-9,24,30H,1-4H3,(H,19,28)(H,25,29). The Hall–Kier alpha value is -4.13. The monoisotopic (exact) mass is 427 g/mol. The summed E-state index contributed by atoms with van der Waals surface area (Å²) in [7, 11) is 3.02. The molecule has 0 aliphatic carbocycles. The molecule has 0 radical (unpaired) electrons. The lowest BCUT2D eigenvalue weighted by Crippen LogP contribution is -2.25. The van der Waals surface area contributed by atoms with Gasteiger partial charge in [-0.2, -0.15) is 10.1 Å². The third-order valence-corrected chi connectivity index (χ3v) is 3.95. The fourth-order valence-corrected chi connectivity index (χ4v) is 2.48. The van der Waals surface area contributed by atoms with Gasteiger partial charge in [0.05, 0.1) is 36.2 Å². The number of carbonyl (C=O) groups is 2. The Kier molecular flexibility index (Phi) is 6.06. The van der Waals surface area contributed by atoms with E-state index in [1.807, 2.05) is 0 Å². The molecule has 3 aromatic rings. The zero-order valence-electron chi connectivity index (χ0n) is 17.2. The SMILES string of the molecule is CNC(=O)c1c(NC(=O)Oc2nc(C(C)(C)O)ncc2Nc2cncnc2)cnn1C. The predicted octanol–water partition coefficient (Wildman–Crippen LogP) is 0.942. The van der Waals surface area contributed by atoms with Crippen molar-refractivity contribution in [3.63, 3.8) is 0 Å². The summed E-state index contributed by atoms with van der Waals surface area (Å²) in [5.41, 5.74) is -0.357. The van der Waals surface area contributed by atoms with E-state index in [4.69, 9.17) is 4.74 Å². The molecule has 4 N–H and O–H groups in total. The first kappa shape index (κ1) is 21.6. The summed E-state index contributed by atoms with van der Waals surface area (Å²) in [6.07, 6.45) is 6.12. The van der Waals surface area contributed by atoms with Crippen molar-refractivity contribution in [1.82, 2.24) is 35.0 Å². The predicted molar refractivity (Wildman–Crippen MR) is 109 cm³/mol. The number of hydrogen-bond donors (Lipinski definition) is 4. The molecule has 13 nitrogen and oxygen atoms in total. The van der Waals surface area contributed by atoms with Gasteiger partial charge in [0.1, 0.15) is 23.3 Å². The van der Waals surface area contributed by atoms with E-state index in [9.17, 15) is 14.7 Å². The molecule has 0 unspecified atom stereocenters. The van der Waals surface area contributed by atoms with E-state index in [1.54, 1.807) is 7.05 Å². The number of rotatable bonds is 6. The number of amides is 2. The van der Waals surface area contributed by atoms with Crippen LogP contribution in [0, 0.1) is 0 Å². The van der Waals surface area contributed by atoms with E-state index in [-0.39, 0.29) is 28.8 Å². The molecule has 0 aliphatic heterocycles. The maximum atomic E-state index is 12.5. The highest BCUT2D eigenvalue weighted by molar-refractivity contribution is 6.01. The normalized spacial score (nSPS) is 11.0. The molecule has 0 spiro atoms. The molecule has 13 heteroatoms. The zero-order valence-corrected chi connectivity index (χ0v) is 17.2. The molecule has 3 aromatic heterocycles. The average molecular weight is 427 g/mol.